The van der Waals surface area contributed by atoms with E-state index in [9.17, 15) is 4.79 Å². The van der Waals surface area contributed by atoms with E-state index in [-0.39, 0.29) is 6.42 Å². The number of imidazole rings is 1. The predicted molar refractivity (Wildman–Crippen MR) is 83.7 cm³/mol. The number of benzene rings is 1. The van der Waals surface area contributed by atoms with Gasteiger partial charge in [-0.05, 0) is 12.1 Å². The van der Waals surface area contributed by atoms with Crippen molar-refractivity contribution in [2.45, 2.75) is 6.42 Å². The Balaban J connectivity index is 1.97. The molecule has 3 rings (SSSR count). The fraction of sp³-hybridized carbons (Fsp3) is 0.125. The second kappa shape index (κ2) is 6.28. The predicted octanol–water partition coefficient (Wildman–Crippen LogP) is 2.31. The van der Waals surface area contributed by atoms with Gasteiger partial charge in [0.25, 0.3) is 0 Å². The van der Waals surface area contributed by atoms with Crippen LogP contribution in [0.25, 0.3) is 16.9 Å². The molecule has 112 valence electrons. The number of anilines is 1. The summed E-state index contributed by atoms with van der Waals surface area (Å²) in [5.74, 6) is 0.398. The summed E-state index contributed by atoms with van der Waals surface area (Å²) in [4.78, 5) is 15.8. The van der Waals surface area contributed by atoms with E-state index in [0.717, 1.165) is 22.7 Å². The molecular weight excluding hydrogens is 280 g/mol. The zero-order chi connectivity index (χ0) is 15.4. The monoisotopic (exact) mass is 296 g/mol. The highest BCUT2D eigenvalue weighted by atomic mass is 16.5. The minimum atomic E-state index is -0.428. The van der Waals surface area contributed by atoms with Gasteiger partial charge in [-0.25, -0.2) is 10.5 Å². The van der Waals surface area contributed by atoms with Gasteiger partial charge in [0, 0.05) is 24.7 Å². The van der Waals surface area contributed by atoms with Crippen molar-refractivity contribution in [3.8, 4) is 11.3 Å². The zero-order valence-corrected chi connectivity index (χ0v) is 11.9. The Hall–Kier alpha value is -2.86. The van der Waals surface area contributed by atoms with Crippen molar-refractivity contribution in [3.63, 3.8) is 0 Å². The van der Waals surface area contributed by atoms with Crippen LogP contribution >= 0.6 is 0 Å². The molecule has 0 aliphatic carbocycles. The van der Waals surface area contributed by atoms with Crippen LogP contribution in [0.2, 0.25) is 0 Å². The first kappa shape index (κ1) is 14.1. The van der Waals surface area contributed by atoms with Crippen molar-refractivity contribution in [2.24, 2.45) is 0 Å². The highest BCUT2D eigenvalue weighted by molar-refractivity contribution is 5.78. The molecule has 6 heteroatoms. The smallest absolute Gasteiger partial charge is 0.245 e. The SMILES string of the molecule is O=C(CCNc1c(-c2ccccc2)nc2ccccn12)NO. The van der Waals surface area contributed by atoms with E-state index >= 15 is 0 Å². The summed E-state index contributed by atoms with van der Waals surface area (Å²) in [6.07, 6.45) is 2.09. The van der Waals surface area contributed by atoms with E-state index in [4.69, 9.17) is 5.21 Å². The summed E-state index contributed by atoms with van der Waals surface area (Å²) in [7, 11) is 0. The average molecular weight is 296 g/mol. The Kier molecular flexibility index (Phi) is 4.02. The van der Waals surface area contributed by atoms with Gasteiger partial charge in [0.1, 0.15) is 17.2 Å². The van der Waals surface area contributed by atoms with Gasteiger partial charge < -0.3 is 5.32 Å². The normalized spacial score (nSPS) is 10.6. The lowest BCUT2D eigenvalue weighted by atomic mass is 10.1. The lowest BCUT2D eigenvalue weighted by molar-refractivity contribution is -0.128. The number of hydrogen-bond donors (Lipinski definition) is 3. The van der Waals surface area contributed by atoms with Crippen molar-refractivity contribution in [2.75, 3.05) is 11.9 Å². The first-order valence-electron chi connectivity index (χ1n) is 6.99. The number of nitrogens with one attached hydrogen (secondary N) is 2. The quantitative estimate of drug-likeness (QED) is 0.498. The Bertz CT molecular complexity index is 783. The Morgan fingerprint density at radius 1 is 1.14 bits per heavy atom. The first-order valence-corrected chi connectivity index (χ1v) is 6.99. The van der Waals surface area contributed by atoms with Crippen molar-refractivity contribution < 1.29 is 10.0 Å². The van der Waals surface area contributed by atoms with Crippen molar-refractivity contribution >= 4 is 17.4 Å². The summed E-state index contributed by atoms with van der Waals surface area (Å²) >= 11 is 0. The van der Waals surface area contributed by atoms with E-state index < -0.39 is 5.91 Å². The van der Waals surface area contributed by atoms with Gasteiger partial charge in [0.05, 0.1) is 0 Å². The van der Waals surface area contributed by atoms with Crippen LogP contribution in [0.1, 0.15) is 6.42 Å². The molecule has 0 aliphatic heterocycles. The van der Waals surface area contributed by atoms with E-state index in [0.29, 0.717) is 6.54 Å². The second-order valence-corrected chi connectivity index (χ2v) is 4.82. The summed E-state index contributed by atoms with van der Waals surface area (Å²) < 4.78 is 1.94. The molecule has 3 N–H and O–H groups in total. The number of hydroxylamine groups is 1. The zero-order valence-electron chi connectivity index (χ0n) is 11.9. The van der Waals surface area contributed by atoms with E-state index in [1.165, 1.54) is 0 Å². The van der Waals surface area contributed by atoms with Crippen molar-refractivity contribution in [1.82, 2.24) is 14.9 Å². The van der Waals surface area contributed by atoms with Gasteiger partial charge in [0.2, 0.25) is 5.91 Å². The summed E-state index contributed by atoms with van der Waals surface area (Å²) in [6, 6.07) is 15.6. The topological polar surface area (TPSA) is 78.7 Å². The number of rotatable bonds is 5. The van der Waals surface area contributed by atoms with Crippen LogP contribution in [0, 0.1) is 0 Å². The molecule has 2 heterocycles. The Labute approximate surface area is 127 Å². The maximum absolute atomic E-state index is 11.1. The number of fused-ring (bicyclic) bond motifs is 1. The van der Waals surface area contributed by atoms with E-state index in [2.05, 4.69) is 10.3 Å². The highest BCUT2D eigenvalue weighted by Crippen LogP contribution is 2.28. The number of hydrogen-bond acceptors (Lipinski definition) is 4. The third-order valence-corrected chi connectivity index (χ3v) is 3.35. The molecule has 3 aromatic rings. The highest BCUT2D eigenvalue weighted by Gasteiger charge is 2.13. The van der Waals surface area contributed by atoms with E-state index in [1.54, 1.807) is 5.48 Å². The second-order valence-electron chi connectivity index (χ2n) is 4.82. The lowest BCUT2D eigenvalue weighted by Gasteiger charge is -2.08. The standard InChI is InChI=1S/C16H16N4O2/c21-14(19-22)9-10-17-16-15(12-6-2-1-3-7-12)18-13-8-4-5-11-20(13)16/h1-8,11,17,22H,9-10H2,(H,19,21). The van der Waals surface area contributed by atoms with Gasteiger partial charge in [-0.3, -0.25) is 14.4 Å². The van der Waals surface area contributed by atoms with Crippen LogP contribution in [0.4, 0.5) is 5.82 Å². The third-order valence-electron chi connectivity index (χ3n) is 3.35. The Morgan fingerprint density at radius 2 is 1.91 bits per heavy atom. The fourth-order valence-corrected chi connectivity index (χ4v) is 2.31. The average Bonchev–Trinajstić information content (AvgIpc) is 2.94. The van der Waals surface area contributed by atoms with Crippen molar-refractivity contribution in [1.29, 1.82) is 0 Å². The molecule has 0 radical (unpaired) electrons. The number of amides is 1. The molecule has 0 fully saturated rings. The number of aromatic nitrogens is 2. The number of nitrogens with zero attached hydrogens (tertiary/aromatic N) is 2. The van der Waals surface area contributed by atoms with Crippen LogP contribution in [0.3, 0.4) is 0 Å². The molecule has 0 unspecified atom stereocenters. The summed E-state index contributed by atoms with van der Waals surface area (Å²) in [6.45, 7) is 0.398. The molecule has 1 amide bonds. The minimum absolute atomic E-state index is 0.171. The molecule has 2 aromatic heterocycles. The minimum Gasteiger partial charge on any atom is -0.369 e. The van der Waals surface area contributed by atoms with Gasteiger partial charge in [-0.15, -0.1) is 0 Å². The van der Waals surface area contributed by atoms with Gasteiger partial charge in [-0.2, -0.15) is 0 Å². The maximum atomic E-state index is 11.1. The molecular formula is C16H16N4O2. The van der Waals surface area contributed by atoms with Crippen LogP contribution in [-0.2, 0) is 4.79 Å². The van der Waals surface area contributed by atoms with Gasteiger partial charge in [-0.1, -0.05) is 36.4 Å². The van der Waals surface area contributed by atoms with Crippen LogP contribution in [-0.4, -0.2) is 27.0 Å². The molecule has 0 atom stereocenters. The molecule has 0 saturated heterocycles. The maximum Gasteiger partial charge on any atom is 0.245 e. The Morgan fingerprint density at radius 3 is 2.68 bits per heavy atom. The molecule has 0 bridgehead atoms. The molecule has 0 saturated carbocycles. The molecule has 0 aliphatic rings. The largest absolute Gasteiger partial charge is 0.369 e. The van der Waals surface area contributed by atoms with Crippen LogP contribution in [0.15, 0.2) is 54.7 Å². The molecule has 0 spiro atoms. The summed E-state index contributed by atoms with van der Waals surface area (Å²) in [5.41, 5.74) is 4.29. The molecule has 6 nitrogen and oxygen atoms in total. The third kappa shape index (κ3) is 2.77. The lowest BCUT2D eigenvalue weighted by Crippen LogP contribution is -2.21. The van der Waals surface area contributed by atoms with Gasteiger partial charge in [0.15, 0.2) is 0 Å². The first-order chi connectivity index (χ1) is 10.8. The van der Waals surface area contributed by atoms with Crippen molar-refractivity contribution in [3.05, 3.63) is 54.7 Å². The molecule has 22 heavy (non-hydrogen) atoms. The number of carbonyl (C=O) groups is 1. The molecule has 1 aromatic carbocycles. The van der Waals surface area contributed by atoms with E-state index in [1.807, 2.05) is 59.1 Å². The number of pyridine rings is 1. The fourth-order valence-electron chi connectivity index (χ4n) is 2.31. The van der Waals surface area contributed by atoms with Gasteiger partial charge >= 0.3 is 0 Å². The van der Waals surface area contributed by atoms with Crippen LogP contribution in [0.5, 0.6) is 0 Å². The summed E-state index contributed by atoms with van der Waals surface area (Å²) in [5, 5.41) is 11.8. The number of carbonyl (C=O) groups excluding carboxylic acids is 1. The van der Waals surface area contributed by atoms with Crippen LogP contribution < -0.4 is 10.8 Å².